The first-order chi connectivity index (χ1) is 13.4. The number of amides is 2. The summed E-state index contributed by atoms with van der Waals surface area (Å²) in [6.07, 6.45) is 7.51. The molecule has 0 aromatic rings. The average Bonchev–Trinajstić information content (AvgIpc) is 2.61. The Morgan fingerprint density at radius 3 is 2.32 bits per heavy atom. The van der Waals surface area contributed by atoms with E-state index in [-0.39, 0.29) is 29.6 Å². The molecule has 1 saturated heterocycles. The second-order valence-electron chi connectivity index (χ2n) is 10.1. The molecule has 4 bridgehead atoms. The molecule has 0 aromatic heterocycles. The van der Waals surface area contributed by atoms with Crippen molar-refractivity contribution in [1.82, 2.24) is 10.2 Å². The zero-order valence-electron chi connectivity index (χ0n) is 17.2. The van der Waals surface area contributed by atoms with Gasteiger partial charge in [0.2, 0.25) is 11.8 Å². The lowest BCUT2D eigenvalue weighted by atomic mass is 9.49. The third-order valence-electron chi connectivity index (χ3n) is 7.40. The largest absolute Gasteiger partial charge is 0.466 e. The van der Waals surface area contributed by atoms with Gasteiger partial charge in [0.1, 0.15) is 6.04 Å². The average molecular weight is 391 g/mol. The number of carbonyl (C=O) groups excluding carboxylic acids is 3. The van der Waals surface area contributed by atoms with Crippen LogP contribution in [0.25, 0.3) is 0 Å². The summed E-state index contributed by atoms with van der Waals surface area (Å²) in [5, 5.41) is 2.83. The van der Waals surface area contributed by atoms with Gasteiger partial charge in [-0.3, -0.25) is 14.4 Å². The highest BCUT2D eigenvalue weighted by molar-refractivity contribution is 5.93. The van der Waals surface area contributed by atoms with E-state index in [0.717, 1.165) is 25.7 Å². The molecule has 1 N–H and O–H groups in total. The van der Waals surface area contributed by atoms with E-state index in [1.54, 1.807) is 4.90 Å². The third kappa shape index (κ3) is 3.79. The van der Waals surface area contributed by atoms with E-state index in [9.17, 15) is 14.4 Å². The molecule has 2 amide bonds. The van der Waals surface area contributed by atoms with Crippen LogP contribution in [-0.4, -0.2) is 48.4 Å². The highest BCUT2D eigenvalue weighted by Gasteiger charge is 2.56. The van der Waals surface area contributed by atoms with Gasteiger partial charge in [0.25, 0.3) is 0 Å². The van der Waals surface area contributed by atoms with Gasteiger partial charge in [-0.05, 0) is 68.6 Å². The van der Waals surface area contributed by atoms with Crippen LogP contribution in [0, 0.1) is 29.1 Å². The zero-order chi connectivity index (χ0) is 19.9. The molecule has 1 aliphatic heterocycles. The number of esters is 1. The standard InChI is InChI=1S/C22H34N2O4/c1-14(2)3-6-28-19(25)10-18-20(26)23-4-5-24(18)21(27)22-11-15-7-16(12-22)9-17(8-15)13-22/h14-18H,3-13H2,1-2H3,(H,23,26). The Balaban J connectivity index is 1.45. The molecular formula is C22H34N2O4. The van der Waals surface area contributed by atoms with Crippen LogP contribution < -0.4 is 5.32 Å². The summed E-state index contributed by atoms with van der Waals surface area (Å²) in [4.78, 5) is 40.3. The van der Waals surface area contributed by atoms with Crippen LogP contribution >= 0.6 is 0 Å². The maximum absolute atomic E-state index is 13.7. The van der Waals surface area contributed by atoms with Crippen LogP contribution in [0.3, 0.4) is 0 Å². The minimum atomic E-state index is -0.721. The van der Waals surface area contributed by atoms with Crippen LogP contribution in [0.5, 0.6) is 0 Å². The van der Waals surface area contributed by atoms with Crippen molar-refractivity contribution in [3.63, 3.8) is 0 Å². The SMILES string of the molecule is CC(C)CCOC(=O)CC1C(=O)NCCN1C(=O)C12CC3CC(CC(C3)C1)C2. The summed E-state index contributed by atoms with van der Waals surface area (Å²) in [5.41, 5.74) is -0.286. The molecular weight excluding hydrogens is 356 g/mol. The van der Waals surface area contributed by atoms with Gasteiger partial charge >= 0.3 is 5.97 Å². The molecule has 5 fully saturated rings. The van der Waals surface area contributed by atoms with E-state index in [1.807, 2.05) is 0 Å². The fourth-order valence-electron chi connectivity index (χ4n) is 6.46. The zero-order valence-corrected chi connectivity index (χ0v) is 17.2. The van der Waals surface area contributed by atoms with E-state index in [0.29, 0.717) is 43.4 Å². The Morgan fingerprint density at radius 1 is 1.14 bits per heavy atom. The lowest BCUT2D eigenvalue weighted by Gasteiger charge is -2.57. The highest BCUT2D eigenvalue weighted by atomic mass is 16.5. The van der Waals surface area contributed by atoms with Crippen molar-refractivity contribution in [2.75, 3.05) is 19.7 Å². The summed E-state index contributed by atoms with van der Waals surface area (Å²) in [5.74, 6) is 2.01. The molecule has 1 atom stereocenters. The minimum Gasteiger partial charge on any atom is -0.466 e. The van der Waals surface area contributed by atoms with E-state index in [2.05, 4.69) is 19.2 Å². The molecule has 6 nitrogen and oxygen atoms in total. The van der Waals surface area contributed by atoms with Crippen molar-refractivity contribution in [3.05, 3.63) is 0 Å². The van der Waals surface area contributed by atoms with Gasteiger partial charge < -0.3 is 15.0 Å². The number of piperazine rings is 1. The van der Waals surface area contributed by atoms with Crippen LogP contribution in [0.15, 0.2) is 0 Å². The molecule has 5 rings (SSSR count). The smallest absolute Gasteiger partial charge is 0.308 e. The fourth-order valence-corrected chi connectivity index (χ4v) is 6.46. The Morgan fingerprint density at radius 2 is 1.75 bits per heavy atom. The first-order valence-corrected chi connectivity index (χ1v) is 11.1. The Bertz CT molecular complexity index is 609. The molecule has 1 unspecified atom stereocenters. The van der Waals surface area contributed by atoms with Crippen LogP contribution in [0.1, 0.15) is 65.2 Å². The van der Waals surface area contributed by atoms with Gasteiger partial charge in [0, 0.05) is 13.1 Å². The van der Waals surface area contributed by atoms with Gasteiger partial charge in [0.05, 0.1) is 18.4 Å². The number of hydrogen-bond donors (Lipinski definition) is 1. The Hall–Kier alpha value is -1.59. The normalized spacial score (nSPS) is 36.5. The number of hydrogen-bond acceptors (Lipinski definition) is 4. The molecule has 0 radical (unpaired) electrons. The Kier molecular flexibility index (Phi) is 5.41. The van der Waals surface area contributed by atoms with Crippen molar-refractivity contribution in [2.45, 2.75) is 71.3 Å². The summed E-state index contributed by atoms with van der Waals surface area (Å²) in [7, 11) is 0. The monoisotopic (exact) mass is 390 g/mol. The highest BCUT2D eigenvalue weighted by Crippen LogP contribution is 2.60. The second kappa shape index (κ2) is 7.68. The number of carbonyl (C=O) groups is 3. The predicted octanol–water partition coefficient (Wildman–Crippen LogP) is 2.51. The summed E-state index contributed by atoms with van der Waals surface area (Å²) < 4.78 is 5.32. The summed E-state index contributed by atoms with van der Waals surface area (Å²) >= 11 is 0. The van der Waals surface area contributed by atoms with Gasteiger partial charge in [0.15, 0.2) is 0 Å². The molecule has 4 aliphatic carbocycles. The van der Waals surface area contributed by atoms with Gasteiger partial charge in [-0.2, -0.15) is 0 Å². The topological polar surface area (TPSA) is 75.7 Å². The molecule has 6 heteroatoms. The van der Waals surface area contributed by atoms with Gasteiger partial charge in [-0.1, -0.05) is 13.8 Å². The van der Waals surface area contributed by atoms with Gasteiger partial charge in [-0.15, -0.1) is 0 Å². The maximum atomic E-state index is 13.7. The first-order valence-electron chi connectivity index (χ1n) is 11.1. The molecule has 156 valence electrons. The molecule has 5 aliphatic rings. The van der Waals surface area contributed by atoms with Crippen molar-refractivity contribution in [3.8, 4) is 0 Å². The molecule has 4 saturated carbocycles. The van der Waals surface area contributed by atoms with E-state index in [4.69, 9.17) is 4.74 Å². The fraction of sp³-hybridized carbons (Fsp3) is 0.864. The Labute approximate surface area is 167 Å². The van der Waals surface area contributed by atoms with Crippen molar-refractivity contribution in [2.24, 2.45) is 29.1 Å². The van der Waals surface area contributed by atoms with E-state index in [1.165, 1.54) is 19.3 Å². The van der Waals surface area contributed by atoms with Crippen LogP contribution in [0.2, 0.25) is 0 Å². The van der Waals surface area contributed by atoms with E-state index >= 15 is 0 Å². The lowest BCUT2D eigenvalue weighted by Crippen LogP contribution is -2.63. The number of nitrogens with zero attached hydrogens (tertiary/aromatic N) is 1. The quantitative estimate of drug-likeness (QED) is 0.707. The van der Waals surface area contributed by atoms with Crippen molar-refractivity contribution in [1.29, 1.82) is 0 Å². The number of ether oxygens (including phenoxy) is 1. The molecule has 0 aromatic carbocycles. The third-order valence-corrected chi connectivity index (χ3v) is 7.40. The lowest BCUT2D eigenvalue weighted by molar-refractivity contribution is -0.166. The predicted molar refractivity (Wildman–Crippen MR) is 104 cm³/mol. The molecule has 1 heterocycles. The van der Waals surface area contributed by atoms with Crippen molar-refractivity contribution < 1.29 is 19.1 Å². The maximum Gasteiger partial charge on any atom is 0.308 e. The first kappa shape index (κ1) is 19.7. The number of rotatable bonds is 6. The van der Waals surface area contributed by atoms with Crippen molar-refractivity contribution >= 4 is 17.8 Å². The van der Waals surface area contributed by atoms with Crippen LogP contribution in [0.4, 0.5) is 0 Å². The summed E-state index contributed by atoms with van der Waals surface area (Å²) in [6, 6.07) is -0.721. The molecule has 0 spiro atoms. The number of nitrogens with one attached hydrogen (secondary N) is 1. The van der Waals surface area contributed by atoms with E-state index < -0.39 is 6.04 Å². The minimum absolute atomic E-state index is 0.0396. The van der Waals surface area contributed by atoms with Crippen LogP contribution in [-0.2, 0) is 19.1 Å². The van der Waals surface area contributed by atoms with Gasteiger partial charge in [-0.25, -0.2) is 0 Å². The second-order valence-corrected chi connectivity index (χ2v) is 10.1. The summed E-state index contributed by atoms with van der Waals surface area (Å²) in [6.45, 7) is 5.49. The molecule has 28 heavy (non-hydrogen) atoms.